The van der Waals surface area contributed by atoms with Crippen LogP contribution in [0.15, 0.2) is 35.2 Å². The molecule has 1 aromatic carbocycles. The van der Waals surface area contributed by atoms with Gasteiger partial charge in [0.2, 0.25) is 10.0 Å². The summed E-state index contributed by atoms with van der Waals surface area (Å²) < 4.78 is 26.6. The van der Waals surface area contributed by atoms with Crippen molar-refractivity contribution in [1.29, 1.82) is 0 Å². The molecular weight excluding hydrogens is 272 g/mol. The van der Waals surface area contributed by atoms with Gasteiger partial charge in [-0.25, -0.2) is 8.42 Å². The average Bonchev–Trinajstić information content (AvgIpc) is 3.31. The fourth-order valence-electron chi connectivity index (χ4n) is 2.72. The van der Waals surface area contributed by atoms with Crippen molar-refractivity contribution in [3.05, 3.63) is 30.3 Å². The van der Waals surface area contributed by atoms with Crippen molar-refractivity contribution in [3.8, 4) is 0 Å². The van der Waals surface area contributed by atoms with Gasteiger partial charge in [0.1, 0.15) is 0 Å². The number of benzene rings is 1. The van der Waals surface area contributed by atoms with Gasteiger partial charge in [-0.3, -0.25) is 0 Å². The second kappa shape index (κ2) is 5.84. The summed E-state index contributed by atoms with van der Waals surface area (Å²) in [5.41, 5.74) is 0. The molecule has 4 nitrogen and oxygen atoms in total. The normalized spacial score (nSPS) is 22.0. The monoisotopic (exact) mass is 294 g/mol. The van der Waals surface area contributed by atoms with Crippen LogP contribution in [0.4, 0.5) is 0 Å². The number of nitrogens with zero attached hydrogens (tertiary/aromatic N) is 1. The van der Waals surface area contributed by atoms with E-state index in [1.807, 2.05) is 6.07 Å². The number of hydrogen-bond donors (Lipinski definition) is 1. The van der Waals surface area contributed by atoms with E-state index in [4.69, 9.17) is 0 Å². The largest absolute Gasteiger partial charge is 0.314 e. The molecule has 0 unspecified atom stereocenters. The quantitative estimate of drug-likeness (QED) is 0.901. The minimum absolute atomic E-state index is 0.412. The van der Waals surface area contributed by atoms with Crippen molar-refractivity contribution in [2.45, 2.75) is 36.6 Å². The highest BCUT2D eigenvalue weighted by Crippen LogP contribution is 2.25. The summed E-state index contributed by atoms with van der Waals surface area (Å²) in [4.78, 5) is 0.412. The number of rotatable bonds is 5. The van der Waals surface area contributed by atoms with Gasteiger partial charge in [-0.15, -0.1) is 0 Å². The predicted molar refractivity (Wildman–Crippen MR) is 78.9 cm³/mol. The van der Waals surface area contributed by atoms with Crippen molar-refractivity contribution in [2.75, 3.05) is 19.6 Å². The number of hydrogen-bond acceptors (Lipinski definition) is 3. The molecule has 1 heterocycles. The molecule has 3 rings (SSSR count). The van der Waals surface area contributed by atoms with E-state index in [0.717, 1.165) is 25.4 Å². The van der Waals surface area contributed by atoms with E-state index in [2.05, 4.69) is 5.32 Å². The van der Waals surface area contributed by atoms with Crippen LogP contribution in [0.5, 0.6) is 0 Å². The second-order valence-electron chi connectivity index (χ2n) is 5.84. The Balaban J connectivity index is 1.57. The van der Waals surface area contributed by atoms with Gasteiger partial charge in [0, 0.05) is 19.1 Å². The lowest BCUT2D eigenvalue weighted by atomic mass is 9.98. The van der Waals surface area contributed by atoms with E-state index in [1.54, 1.807) is 28.6 Å². The molecule has 1 saturated heterocycles. The second-order valence-corrected chi connectivity index (χ2v) is 7.78. The van der Waals surface area contributed by atoms with Crippen LogP contribution in [0, 0.1) is 5.92 Å². The van der Waals surface area contributed by atoms with Crippen LogP contribution in [0.2, 0.25) is 0 Å². The Morgan fingerprint density at radius 3 is 2.30 bits per heavy atom. The van der Waals surface area contributed by atoms with Gasteiger partial charge in [-0.1, -0.05) is 18.2 Å². The summed E-state index contributed by atoms with van der Waals surface area (Å²) in [5.74, 6) is 0.623. The lowest BCUT2D eigenvalue weighted by molar-refractivity contribution is 0.267. The van der Waals surface area contributed by atoms with E-state index >= 15 is 0 Å². The van der Waals surface area contributed by atoms with Gasteiger partial charge < -0.3 is 5.32 Å². The van der Waals surface area contributed by atoms with Crippen LogP contribution in [-0.2, 0) is 10.0 Å². The lowest BCUT2D eigenvalue weighted by Gasteiger charge is -2.31. The summed E-state index contributed by atoms with van der Waals surface area (Å²) >= 11 is 0. The van der Waals surface area contributed by atoms with E-state index in [9.17, 15) is 8.42 Å². The van der Waals surface area contributed by atoms with Gasteiger partial charge in [0.15, 0.2) is 0 Å². The molecule has 0 amide bonds. The van der Waals surface area contributed by atoms with Crippen LogP contribution in [0.1, 0.15) is 25.7 Å². The standard InChI is InChI=1S/C15H22N2O2S/c18-20(19,15-4-2-1-3-5-15)17-10-8-13(9-11-17)12-16-14-6-7-14/h1-5,13-14,16H,6-12H2. The third-order valence-corrected chi connectivity index (χ3v) is 6.14. The Hall–Kier alpha value is -0.910. The predicted octanol–water partition coefficient (Wildman–Crippen LogP) is 1.84. The molecule has 1 N–H and O–H groups in total. The molecule has 1 aliphatic heterocycles. The fourth-order valence-corrected chi connectivity index (χ4v) is 4.21. The summed E-state index contributed by atoms with van der Waals surface area (Å²) in [6.45, 7) is 2.34. The van der Waals surface area contributed by atoms with Gasteiger partial charge in [-0.05, 0) is 50.3 Å². The first kappa shape index (κ1) is 14.0. The summed E-state index contributed by atoms with van der Waals surface area (Å²) in [6, 6.07) is 9.49. The molecule has 2 fully saturated rings. The van der Waals surface area contributed by atoms with Crippen molar-refractivity contribution >= 4 is 10.0 Å². The van der Waals surface area contributed by atoms with Crippen molar-refractivity contribution in [3.63, 3.8) is 0 Å². The van der Waals surface area contributed by atoms with Crippen LogP contribution in [0.3, 0.4) is 0 Å². The van der Waals surface area contributed by atoms with Gasteiger partial charge in [0.25, 0.3) is 0 Å². The molecular formula is C15H22N2O2S. The zero-order valence-electron chi connectivity index (χ0n) is 11.7. The minimum Gasteiger partial charge on any atom is -0.314 e. The maximum atomic E-state index is 12.5. The van der Waals surface area contributed by atoms with Crippen molar-refractivity contribution < 1.29 is 8.42 Å². The van der Waals surface area contributed by atoms with Crippen molar-refractivity contribution in [1.82, 2.24) is 9.62 Å². The third-order valence-electron chi connectivity index (χ3n) is 4.23. The Bertz CT molecular complexity index is 532. The van der Waals surface area contributed by atoms with Gasteiger partial charge in [0.05, 0.1) is 4.90 Å². The molecule has 1 aromatic rings. The average molecular weight is 294 g/mol. The summed E-state index contributed by atoms with van der Waals surface area (Å²) in [5, 5.41) is 3.54. The lowest BCUT2D eigenvalue weighted by Crippen LogP contribution is -2.40. The Morgan fingerprint density at radius 1 is 1.05 bits per heavy atom. The number of sulfonamides is 1. The SMILES string of the molecule is O=S(=O)(c1ccccc1)N1CCC(CNC2CC2)CC1. The van der Waals surface area contributed by atoms with E-state index in [0.29, 0.717) is 23.9 Å². The van der Waals surface area contributed by atoms with Gasteiger partial charge in [-0.2, -0.15) is 4.31 Å². The molecule has 0 atom stereocenters. The number of piperidine rings is 1. The highest BCUT2D eigenvalue weighted by atomic mass is 32.2. The van der Waals surface area contributed by atoms with E-state index < -0.39 is 10.0 Å². The fraction of sp³-hybridized carbons (Fsp3) is 0.600. The molecule has 0 radical (unpaired) electrons. The third kappa shape index (κ3) is 3.22. The summed E-state index contributed by atoms with van der Waals surface area (Å²) in [6.07, 6.45) is 4.54. The molecule has 5 heteroatoms. The van der Waals surface area contributed by atoms with Crippen molar-refractivity contribution in [2.24, 2.45) is 5.92 Å². The zero-order valence-corrected chi connectivity index (χ0v) is 12.5. The van der Waals surface area contributed by atoms with Crippen LogP contribution in [0.25, 0.3) is 0 Å². The van der Waals surface area contributed by atoms with Gasteiger partial charge >= 0.3 is 0 Å². The highest BCUT2D eigenvalue weighted by Gasteiger charge is 2.30. The van der Waals surface area contributed by atoms with E-state index in [-0.39, 0.29) is 0 Å². The van der Waals surface area contributed by atoms with Crippen LogP contribution >= 0.6 is 0 Å². The zero-order chi connectivity index (χ0) is 14.0. The molecule has 0 aromatic heterocycles. The number of nitrogens with one attached hydrogen (secondary N) is 1. The highest BCUT2D eigenvalue weighted by molar-refractivity contribution is 7.89. The maximum Gasteiger partial charge on any atom is 0.243 e. The molecule has 110 valence electrons. The molecule has 0 bridgehead atoms. The molecule has 1 aliphatic carbocycles. The molecule has 2 aliphatic rings. The van der Waals surface area contributed by atoms with Crippen LogP contribution < -0.4 is 5.32 Å². The Morgan fingerprint density at radius 2 is 1.70 bits per heavy atom. The topological polar surface area (TPSA) is 49.4 Å². The molecule has 20 heavy (non-hydrogen) atoms. The first-order valence-corrected chi connectivity index (χ1v) is 8.89. The summed E-state index contributed by atoms with van der Waals surface area (Å²) in [7, 11) is -3.29. The molecule has 0 spiro atoms. The molecule has 1 saturated carbocycles. The van der Waals surface area contributed by atoms with E-state index in [1.165, 1.54) is 12.8 Å². The van der Waals surface area contributed by atoms with Crippen LogP contribution in [-0.4, -0.2) is 38.4 Å². The first-order chi connectivity index (χ1) is 9.66. The maximum absolute atomic E-state index is 12.5. The Kier molecular flexibility index (Phi) is 4.10. The smallest absolute Gasteiger partial charge is 0.243 e. The first-order valence-electron chi connectivity index (χ1n) is 7.45. The minimum atomic E-state index is -3.29. The Labute approximate surface area is 121 Å².